The lowest BCUT2D eigenvalue weighted by molar-refractivity contribution is -0.190. The lowest BCUT2D eigenvalue weighted by atomic mass is 9.94. The minimum absolute atomic E-state index is 0.00764. The number of rotatable bonds is 8. The van der Waals surface area contributed by atoms with Crippen LogP contribution in [0.4, 0.5) is 17.6 Å². The molecule has 2 aromatic carbocycles. The van der Waals surface area contributed by atoms with Crippen LogP contribution in [0.3, 0.4) is 0 Å². The second kappa shape index (κ2) is 12.8. The number of methoxy groups -OCH3 is 1. The fourth-order valence-electron chi connectivity index (χ4n) is 5.90. The molecule has 7 nitrogen and oxygen atoms in total. The average Bonchev–Trinajstić information content (AvgIpc) is 3.71. The summed E-state index contributed by atoms with van der Waals surface area (Å²) in [7, 11) is 1.21. The van der Waals surface area contributed by atoms with Gasteiger partial charge >= 0.3 is 12.1 Å². The third kappa shape index (κ3) is 7.05. The Bertz CT molecular complexity index is 1340. The Morgan fingerprint density at radius 3 is 2.28 bits per heavy atom. The zero-order valence-corrected chi connectivity index (χ0v) is 25.1. The fourth-order valence-corrected chi connectivity index (χ4v) is 6.44. The van der Waals surface area contributed by atoms with Gasteiger partial charge in [0, 0.05) is 16.1 Å². The number of hydrogen-bond acceptors (Lipinski definition) is 6. The molecule has 5 rings (SSSR count). The highest BCUT2D eigenvalue weighted by Gasteiger charge is 2.46. The van der Waals surface area contributed by atoms with Crippen LogP contribution in [0.2, 0.25) is 10.0 Å². The molecule has 2 saturated heterocycles. The van der Waals surface area contributed by atoms with E-state index in [1.54, 1.807) is 6.92 Å². The summed E-state index contributed by atoms with van der Waals surface area (Å²) in [6.07, 6.45) is -2.53. The van der Waals surface area contributed by atoms with Gasteiger partial charge in [-0.15, -0.1) is 0 Å². The van der Waals surface area contributed by atoms with Gasteiger partial charge in [0.25, 0.3) is 5.91 Å². The molecule has 0 N–H and O–H groups in total. The van der Waals surface area contributed by atoms with E-state index in [0.717, 1.165) is 17.7 Å². The van der Waals surface area contributed by atoms with Crippen molar-refractivity contribution in [3.8, 4) is 5.75 Å². The number of carbonyl (C=O) groups is 2. The van der Waals surface area contributed by atoms with Crippen LogP contribution < -0.4 is 4.74 Å². The first-order valence-electron chi connectivity index (χ1n) is 14.1. The second-order valence-corrected chi connectivity index (χ2v) is 12.2. The van der Waals surface area contributed by atoms with Crippen LogP contribution in [0.5, 0.6) is 5.75 Å². The van der Waals surface area contributed by atoms with Crippen molar-refractivity contribution in [3.63, 3.8) is 0 Å². The van der Waals surface area contributed by atoms with Gasteiger partial charge < -0.3 is 14.2 Å². The number of likely N-dealkylation sites (tertiary alicyclic amines) is 1. The predicted molar refractivity (Wildman–Crippen MR) is 151 cm³/mol. The number of alkyl halides is 3. The van der Waals surface area contributed by atoms with Gasteiger partial charge in [-0.25, -0.2) is 9.18 Å². The quantitative estimate of drug-likeness (QED) is 0.233. The molecule has 0 bridgehead atoms. The number of ether oxygens (including phenoxy) is 3. The van der Waals surface area contributed by atoms with Crippen molar-refractivity contribution in [3.05, 3.63) is 62.9 Å². The van der Waals surface area contributed by atoms with Gasteiger partial charge in [-0.1, -0.05) is 23.2 Å². The van der Waals surface area contributed by atoms with E-state index in [1.807, 2.05) is 0 Å². The summed E-state index contributed by atoms with van der Waals surface area (Å²) in [5.41, 5.74) is 0.500. The normalized spacial score (nSPS) is 22.5. The highest BCUT2D eigenvalue weighted by molar-refractivity contribution is 6.34. The van der Waals surface area contributed by atoms with E-state index in [1.165, 1.54) is 42.3 Å². The third-order valence-corrected chi connectivity index (χ3v) is 8.74. The molecule has 0 aromatic heterocycles. The Hall–Kier alpha value is -2.60. The van der Waals surface area contributed by atoms with E-state index in [-0.39, 0.29) is 59.4 Å². The molecule has 234 valence electrons. The number of nitrogens with zero attached hydrogens (tertiary/aromatic N) is 2. The van der Waals surface area contributed by atoms with Crippen molar-refractivity contribution in [2.45, 2.75) is 62.9 Å². The van der Waals surface area contributed by atoms with E-state index in [9.17, 15) is 22.8 Å². The number of benzene rings is 2. The lowest BCUT2D eigenvalue weighted by Gasteiger charge is -2.38. The SMILES string of the molecule is COC(=O)[C@@H]1[C@@H](C)OCN1C(=O)c1cc(C2CC2)c(OCC2CCN(C(c3cc(Cl)cc(Cl)c3)C(F)(F)F)CC2)cc1F. The first kappa shape index (κ1) is 31.8. The summed E-state index contributed by atoms with van der Waals surface area (Å²) in [6.45, 7) is 2.02. The monoisotopic (exact) mass is 646 g/mol. The number of hydrogen-bond donors (Lipinski definition) is 0. The maximum atomic E-state index is 15.3. The van der Waals surface area contributed by atoms with E-state index in [0.29, 0.717) is 24.2 Å². The summed E-state index contributed by atoms with van der Waals surface area (Å²) in [5, 5.41) is 0.274. The molecule has 43 heavy (non-hydrogen) atoms. The van der Waals surface area contributed by atoms with Gasteiger partial charge in [0.15, 0.2) is 6.04 Å². The Labute approximate surface area is 256 Å². The van der Waals surface area contributed by atoms with Crippen molar-refractivity contribution < 1.29 is 41.4 Å². The largest absolute Gasteiger partial charge is 0.493 e. The Morgan fingerprint density at radius 2 is 1.70 bits per heavy atom. The summed E-state index contributed by atoms with van der Waals surface area (Å²) >= 11 is 12.0. The number of amides is 1. The van der Waals surface area contributed by atoms with Crippen LogP contribution >= 0.6 is 23.2 Å². The summed E-state index contributed by atoms with van der Waals surface area (Å²) in [6, 6.07) is 3.81. The van der Waals surface area contributed by atoms with E-state index in [2.05, 4.69) is 0 Å². The Kier molecular flexibility index (Phi) is 9.46. The molecular formula is C30H32Cl2F4N2O5. The van der Waals surface area contributed by atoms with Gasteiger partial charge in [0.05, 0.1) is 25.4 Å². The van der Waals surface area contributed by atoms with E-state index >= 15 is 4.39 Å². The maximum absolute atomic E-state index is 15.3. The molecule has 3 fully saturated rings. The summed E-state index contributed by atoms with van der Waals surface area (Å²) in [5.74, 6) is -1.75. The Balaban J connectivity index is 1.26. The third-order valence-electron chi connectivity index (χ3n) is 8.31. The predicted octanol–water partition coefficient (Wildman–Crippen LogP) is 6.76. The van der Waals surface area contributed by atoms with E-state index < -0.39 is 42.1 Å². The molecule has 2 aromatic rings. The number of carbonyl (C=O) groups excluding carboxylic acids is 2. The van der Waals surface area contributed by atoms with Crippen LogP contribution in [-0.2, 0) is 14.3 Å². The highest BCUT2D eigenvalue weighted by atomic mass is 35.5. The zero-order chi connectivity index (χ0) is 31.1. The van der Waals surface area contributed by atoms with Crippen molar-refractivity contribution >= 4 is 35.1 Å². The van der Waals surface area contributed by atoms with Gasteiger partial charge in [0.1, 0.15) is 24.3 Å². The molecule has 3 aliphatic rings. The van der Waals surface area contributed by atoms with Crippen molar-refractivity contribution in [2.24, 2.45) is 5.92 Å². The van der Waals surface area contributed by atoms with Crippen LogP contribution in [0.25, 0.3) is 0 Å². The second-order valence-electron chi connectivity index (χ2n) is 11.3. The molecular weight excluding hydrogens is 615 g/mol. The minimum Gasteiger partial charge on any atom is -0.493 e. The lowest BCUT2D eigenvalue weighted by Crippen LogP contribution is -2.45. The molecule has 3 atom stereocenters. The molecule has 1 unspecified atom stereocenters. The van der Waals surface area contributed by atoms with Gasteiger partial charge in [-0.3, -0.25) is 14.6 Å². The molecule has 2 aliphatic heterocycles. The molecule has 1 saturated carbocycles. The molecule has 1 aliphatic carbocycles. The van der Waals surface area contributed by atoms with Gasteiger partial charge in [-0.2, -0.15) is 13.2 Å². The number of halogens is 6. The van der Waals surface area contributed by atoms with Crippen molar-refractivity contribution in [2.75, 3.05) is 33.5 Å². The first-order valence-corrected chi connectivity index (χ1v) is 14.9. The number of esters is 1. The zero-order valence-electron chi connectivity index (χ0n) is 23.6. The van der Waals surface area contributed by atoms with Crippen LogP contribution in [0, 0.1) is 11.7 Å². The molecule has 0 radical (unpaired) electrons. The standard InChI is InChI=1S/C30H32Cl2F4N2O5/c1-16-26(29(40)41-2)38(15-43-16)28(39)23-12-22(18-3-4-18)25(13-24(23)33)42-14-17-5-7-37(8-6-17)27(30(34,35)36)19-9-20(31)11-21(32)10-19/h9-13,16-18,26-27H,3-8,14-15H2,1-2H3/t16-,26+,27?/m1/s1. The fraction of sp³-hybridized carbons (Fsp3) is 0.533. The topological polar surface area (TPSA) is 68.3 Å². The van der Waals surface area contributed by atoms with Crippen LogP contribution in [0.1, 0.15) is 66.1 Å². The van der Waals surface area contributed by atoms with Crippen LogP contribution in [0.15, 0.2) is 30.3 Å². The average molecular weight is 647 g/mol. The first-order chi connectivity index (χ1) is 20.4. The molecule has 0 spiro atoms. The highest BCUT2D eigenvalue weighted by Crippen LogP contribution is 2.46. The summed E-state index contributed by atoms with van der Waals surface area (Å²) in [4.78, 5) is 28.1. The maximum Gasteiger partial charge on any atom is 0.408 e. The smallest absolute Gasteiger partial charge is 0.408 e. The summed E-state index contributed by atoms with van der Waals surface area (Å²) < 4.78 is 74.0. The van der Waals surface area contributed by atoms with Crippen molar-refractivity contribution in [1.82, 2.24) is 9.80 Å². The number of piperidine rings is 1. The van der Waals surface area contributed by atoms with Crippen molar-refractivity contribution in [1.29, 1.82) is 0 Å². The van der Waals surface area contributed by atoms with Gasteiger partial charge in [-0.05, 0) is 92.9 Å². The van der Waals surface area contributed by atoms with E-state index in [4.69, 9.17) is 37.4 Å². The minimum atomic E-state index is -4.52. The molecule has 13 heteroatoms. The Morgan fingerprint density at radius 1 is 1.05 bits per heavy atom. The van der Waals surface area contributed by atoms with Crippen LogP contribution in [-0.4, -0.2) is 73.5 Å². The van der Waals surface area contributed by atoms with Gasteiger partial charge in [0.2, 0.25) is 0 Å². The molecule has 1 amide bonds. The molecule has 2 heterocycles.